The maximum absolute atomic E-state index is 14.6. The summed E-state index contributed by atoms with van der Waals surface area (Å²) in [4.78, 5) is 16.7. The Bertz CT molecular complexity index is 1060. The summed E-state index contributed by atoms with van der Waals surface area (Å²) in [6.07, 6.45) is 0.689. The molecule has 30 heavy (non-hydrogen) atoms. The van der Waals surface area contributed by atoms with Crippen molar-refractivity contribution in [2.75, 3.05) is 6.54 Å². The van der Waals surface area contributed by atoms with Crippen LogP contribution in [0.15, 0.2) is 54.7 Å². The highest BCUT2D eigenvalue weighted by atomic mass is 35.5. The number of aryl methyl sites for hydroxylation is 1. The molecule has 3 rings (SSSR count). The van der Waals surface area contributed by atoms with Crippen molar-refractivity contribution < 1.29 is 13.9 Å². The Labute approximate surface area is 188 Å². The van der Waals surface area contributed by atoms with Crippen LogP contribution in [0.3, 0.4) is 0 Å². The Balaban J connectivity index is 1.75. The minimum Gasteiger partial charge on any atom is -0.455 e. The number of rotatable bonds is 7. The highest BCUT2D eigenvalue weighted by Crippen LogP contribution is 2.29. The van der Waals surface area contributed by atoms with Gasteiger partial charge in [-0.1, -0.05) is 59.9 Å². The van der Waals surface area contributed by atoms with Crippen LogP contribution in [0, 0.1) is 0 Å². The van der Waals surface area contributed by atoms with Gasteiger partial charge in [0.1, 0.15) is 17.1 Å². The van der Waals surface area contributed by atoms with Crippen molar-refractivity contribution in [3.63, 3.8) is 0 Å². The van der Waals surface area contributed by atoms with E-state index in [1.165, 1.54) is 30.5 Å². The molecular weight excluding hydrogens is 450 g/mol. The van der Waals surface area contributed by atoms with E-state index >= 15 is 0 Å². The number of amides is 1. The van der Waals surface area contributed by atoms with Gasteiger partial charge >= 0.3 is 0 Å². The van der Waals surface area contributed by atoms with Gasteiger partial charge in [-0.15, -0.1) is 0 Å². The number of nitrogens with one attached hydrogen (secondary N) is 1. The molecule has 2 aromatic carbocycles. The fraction of sp³-hybridized carbons (Fsp3) is 0.182. The van der Waals surface area contributed by atoms with E-state index in [-0.39, 0.29) is 33.6 Å². The predicted octanol–water partition coefficient (Wildman–Crippen LogP) is 6.84. The number of hydrogen-bond donors (Lipinski definition) is 1. The first kappa shape index (κ1) is 22.3. The molecular formula is C22H18Cl3FN2O2. The van der Waals surface area contributed by atoms with E-state index in [0.29, 0.717) is 10.8 Å². The number of alkyl halides is 1. The summed E-state index contributed by atoms with van der Waals surface area (Å²) in [6, 6.07) is 13.3. The number of ether oxygens (including phenoxy) is 1. The zero-order valence-electron chi connectivity index (χ0n) is 16.0. The van der Waals surface area contributed by atoms with Crippen molar-refractivity contribution in [2.45, 2.75) is 19.5 Å². The molecule has 0 radical (unpaired) electrons. The molecule has 0 fully saturated rings. The van der Waals surface area contributed by atoms with Crippen molar-refractivity contribution in [2.24, 2.45) is 0 Å². The smallest absolute Gasteiger partial charge is 0.255 e. The third-order valence-electron chi connectivity index (χ3n) is 4.35. The number of benzene rings is 2. The van der Waals surface area contributed by atoms with Crippen molar-refractivity contribution >= 4 is 40.7 Å². The monoisotopic (exact) mass is 466 g/mol. The lowest BCUT2D eigenvalue weighted by Gasteiger charge is -2.14. The maximum Gasteiger partial charge on any atom is 0.255 e. The van der Waals surface area contributed by atoms with E-state index in [1.54, 1.807) is 6.07 Å². The molecule has 1 N–H and O–H groups in total. The van der Waals surface area contributed by atoms with Gasteiger partial charge in [-0.25, -0.2) is 9.37 Å². The number of nitrogens with zero attached hydrogens (tertiary/aromatic N) is 1. The van der Waals surface area contributed by atoms with Crippen LogP contribution in [0.1, 0.15) is 34.6 Å². The SMILES string of the molecule is CCc1cccc(Oc2cnc(Cl)cc2C(=O)NCC(F)c2ccc(Cl)cc2Cl)c1. The number of aromatic nitrogens is 1. The summed E-state index contributed by atoms with van der Waals surface area (Å²) in [6.45, 7) is 1.74. The lowest BCUT2D eigenvalue weighted by molar-refractivity contribution is 0.0939. The third kappa shape index (κ3) is 5.63. The Morgan fingerprint density at radius 1 is 1.17 bits per heavy atom. The summed E-state index contributed by atoms with van der Waals surface area (Å²) in [5.74, 6) is 0.225. The van der Waals surface area contributed by atoms with E-state index in [9.17, 15) is 9.18 Å². The highest BCUT2D eigenvalue weighted by Gasteiger charge is 2.19. The Hall–Kier alpha value is -2.34. The van der Waals surface area contributed by atoms with Gasteiger partial charge in [0, 0.05) is 15.6 Å². The molecule has 0 bridgehead atoms. The van der Waals surface area contributed by atoms with Gasteiger partial charge in [0.25, 0.3) is 5.91 Å². The van der Waals surface area contributed by atoms with Gasteiger partial charge in [0.15, 0.2) is 5.75 Å². The summed E-state index contributed by atoms with van der Waals surface area (Å²) in [7, 11) is 0. The van der Waals surface area contributed by atoms with Crippen molar-refractivity contribution in [3.8, 4) is 11.5 Å². The van der Waals surface area contributed by atoms with Crippen LogP contribution in [-0.2, 0) is 6.42 Å². The second-order valence-electron chi connectivity index (χ2n) is 6.45. The quantitative estimate of drug-likeness (QED) is 0.387. The Morgan fingerprint density at radius 3 is 2.70 bits per heavy atom. The molecule has 0 saturated carbocycles. The number of carbonyl (C=O) groups excluding carboxylic acids is 1. The number of pyridine rings is 1. The van der Waals surface area contributed by atoms with Gasteiger partial charge in [-0.3, -0.25) is 4.79 Å². The number of hydrogen-bond acceptors (Lipinski definition) is 3. The second kappa shape index (κ2) is 10.1. The van der Waals surface area contributed by atoms with Gasteiger partial charge in [0.2, 0.25) is 0 Å². The van der Waals surface area contributed by atoms with Gasteiger partial charge < -0.3 is 10.1 Å². The molecule has 1 aromatic heterocycles. The summed E-state index contributed by atoms with van der Waals surface area (Å²) < 4.78 is 20.4. The molecule has 0 aliphatic heterocycles. The molecule has 0 spiro atoms. The normalized spacial score (nSPS) is 11.8. The van der Waals surface area contributed by atoms with Crippen LogP contribution in [0.25, 0.3) is 0 Å². The summed E-state index contributed by atoms with van der Waals surface area (Å²) in [5, 5.41) is 3.25. The molecule has 1 amide bonds. The van der Waals surface area contributed by atoms with Crippen LogP contribution >= 0.6 is 34.8 Å². The lowest BCUT2D eigenvalue weighted by Crippen LogP contribution is -2.27. The van der Waals surface area contributed by atoms with Crippen LogP contribution in [0.5, 0.6) is 11.5 Å². The van der Waals surface area contributed by atoms with Crippen molar-refractivity contribution in [3.05, 3.63) is 86.6 Å². The molecule has 1 heterocycles. The first-order valence-electron chi connectivity index (χ1n) is 9.17. The molecule has 0 aliphatic rings. The average Bonchev–Trinajstić information content (AvgIpc) is 2.73. The summed E-state index contributed by atoms with van der Waals surface area (Å²) >= 11 is 17.8. The van der Waals surface area contributed by atoms with Crippen molar-refractivity contribution in [1.82, 2.24) is 10.3 Å². The molecule has 4 nitrogen and oxygen atoms in total. The van der Waals surface area contributed by atoms with Gasteiger partial charge in [-0.05, 0) is 42.3 Å². The average molecular weight is 468 g/mol. The van der Waals surface area contributed by atoms with E-state index in [2.05, 4.69) is 10.3 Å². The minimum absolute atomic E-state index is 0.118. The van der Waals surface area contributed by atoms with Gasteiger partial charge in [0.05, 0.1) is 18.3 Å². The zero-order chi connectivity index (χ0) is 21.7. The molecule has 8 heteroatoms. The number of halogens is 4. The first-order valence-corrected chi connectivity index (χ1v) is 10.3. The topological polar surface area (TPSA) is 51.2 Å². The second-order valence-corrected chi connectivity index (χ2v) is 7.68. The minimum atomic E-state index is -1.51. The predicted molar refractivity (Wildman–Crippen MR) is 118 cm³/mol. The largest absolute Gasteiger partial charge is 0.455 e. The highest BCUT2D eigenvalue weighted by molar-refractivity contribution is 6.35. The van der Waals surface area contributed by atoms with Crippen LogP contribution in [0.4, 0.5) is 4.39 Å². The fourth-order valence-electron chi connectivity index (χ4n) is 2.77. The van der Waals surface area contributed by atoms with E-state index in [4.69, 9.17) is 39.5 Å². The van der Waals surface area contributed by atoms with Crippen LogP contribution in [-0.4, -0.2) is 17.4 Å². The molecule has 1 unspecified atom stereocenters. The Kier molecular flexibility index (Phi) is 7.53. The third-order valence-corrected chi connectivity index (χ3v) is 5.12. The standard InChI is InChI=1S/C22H18Cl3FN2O2/c1-2-13-4-3-5-15(8-13)30-20-12-27-21(25)10-17(20)22(29)28-11-19(26)16-7-6-14(23)9-18(16)24/h3-10,12,19H,2,11H2,1H3,(H,28,29). The molecule has 3 aromatic rings. The molecule has 0 aliphatic carbocycles. The zero-order valence-corrected chi connectivity index (χ0v) is 18.2. The maximum atomic E-state index is 14.6. The molecule has 0 saturated heterocycles. The van der Waals surface area contributed by atoms with Crippen LogP contribution in [0.2, 0.25) is 15.2 Å². The molecule has 156 valence electrons. The summed E-state index contributed by atoms with van der Waals surface area (Å²) in [5.41, 5.74) is 1.47. The first-order chi connectivity index (χ1) is 14.4. The van der Waals surface area contributed by atoms with E-state index in [1.807, 2.05) is 25.1 Å². The van der Waals surface area contributed by atoms with E-state index in [0.717, 1.165) is 12.0 Å². The van der Waals surface area contributed by atoms with Crippen LogP contribution < -0.4 is 10.1 Å². The fourth-order valence-corrected chi connectivity index (χ4v) is 3.46. The van der Waals surface area contributed by atoms with Crippen molar-refractivity contribution in [1.29, 1.82) is 0 Å². The van der Waals surface area contributed by atoms with E-state index < -0.39 is 12.1 Å². The molecule has 1 atom stereocenters. The Morgan fingerprint density at radius 2 is 1.97 bits per heavy atom. The lowest BCUT2D eigenvalue weighted by atomic mass is 10.1. The number of carbonyl (C=O) groups is 1. The van der Waals surface area contributed by atoms with Gasteiger partial charge in [-0.2, -0.15) is 0 Å².